The molecule has 0 aromatic carbocycles. The maximum absolute atomic E-state index is 10.1. The first kappa shape index (κ1) is 13.9. The van der Waals surface area contributed by atoms with Gasteiger partial charge in [-0.25, -0.2) is 0 Å². The third-order valence-corrected chi connectivity index (χ3v) is 3.52. The lowest BCUT2D eigenvalue weighted by Gasteiger charge is -2.37. The summed E-state index contributed by atoms with van der Waals surface area (Å²) < 4.78 is 0. The zero-order chi connectivity index (χ0) is 9.73. The van der Waals surface area contributed by atoms with Crippen LogP contribution in [0.15, 0.2) is 0 Å². The average molecular weight is 202 g/mol. The van der Waals surface area contributed by atoms with Gasteiger partial charge >= 0.3 is 0 Å². The Morgan fingerprint density at radius 3 is 2.57 bits per heavy atom. The number of hydrogen-bond acceptors (Lipinski definition) is 1. The lowest BCUT2D eigenvalue weighted by Crippen LogP contribution is -2.37. The minimum atomic E-state index is -0.355. The van der Waals surface area contributed by atoms with Crippen LogP contribution < -0.4 is 0 Å². The molecule has 1 rings (SSSR count). The molecule has 3 N–H and O–H groups in total. The van der Waals surface area contributed by atoms with Crippen molar-refractivity contribution in [2.75, 3.05) is 0 Å². The zero-order valence-corrected chi connectivity index (χ0v) is 9.68. The largest absolute Gasteiger partial charge is 0.412 e. The van der Waals surface area contributed by atoms with Crippen molar-refractivity contribution < 1.29 is 10.6 Å². The normalized spacial score (nSPS) is 32.4. The summed E-state index contributed by atoms with van der Waals surface area (Å²) in [6.07, 6.45) is 9.96. The Morgan fingerprint density at radius 2 is 2.00 bits per heavy atom. The Morgan fingerprint density at radius 1 is 1.29 bits per heavy atom. The van der Waals surface area contributed by atoms with Crippen LogP contribution in [-0.4, -0.2) is 16.2 Å². The molecule has 2 atom stereocenters. The van der Waals surface area contributed by atoms with E-state index in [2.05, 4.69) is 6.92 Å². The first-order valence-corrected chi connectivity index (χ1v) is 5.89. The summed E-state index contributed by atoms with van der Waals surface area (Å²) in [5.41, 5.74) is -0.355. The van der Waals surface area contributed by atoms with Gasteiger partial charge in [-0.15, -0.1) is 0 Å². The van der Waals surface area contributed by atoms with Crippen LogP contribution in [0.1, 0.15) is 65.2 Å². The van der Waals surface area contributed by atoms with Crippen LogP contribution in [0.3, 0.4) is 0 Å². The van der Waals surface area contributed by atoms with Gasteiger partial charge < -0.3 is 10.6 Å². The summed E-state index contributed by atoms with van der Waals surface area (Å²) in [6.45, 7) is 4.27. The highest BCUT2D eigenvalue weighted by Gasteiger charge is 2.33. The minimum absolute atomic E-state index is 0. The van der Waals surface area contributed by atoms with Crippen LogP contribution in [-0.2, 0) is 0 Å². The molecular formula is C12H26O2. The second-order valence-corrected chi connectivity index (χ2v) is 4.80. The van der Waals surface area contributed by atoms with Crippen molar-refractivity contribution in [1.82, 2.24) is 0 Å². The van der Waals surface area contributed by atoms with Gasteiger partial charge in [-0.1, -0.05) is 39.0 Å². The molecule has 0 heterocycles. The highest BCUT2D eigenvalue weighted by Crippen LogP contribution is 2.36. The average Bonchev–Trinajstić information content (AvgIpc) is 2.08. The number of rotatable bonds is 4. The first-order chi connectivity index (χ1) is 6.17. The van der Waals surface area contributed by atoms with Gasteiger partial charge in [-0.05, 0) is 32.1 Å². The molecule has 2 nitrogen and oxygen atoms in total. The molecule has 2 unspecified atom stereocenters. The maximum atomic E-state index is 10.1. The van der Waals surface area contributed by atoms with Crippen molar-refractivity contribution >= 4 is 0 Å². The summed E-state index contributed by atoms with van der Waals surface area (Å²) >= 11 is 0. The first-order valence-electron chi connectivity index (χ1n) is 5.89. The van der Waals surface area contributed by atoms with Gasteiger partial charge in [0.2, 0.25) is 0 Å². The van der Waals surface area contributed by atoms with Crippen molar-refractivity contribution in [3.05, 3.63) is 0 Å². The third kappa shape index (κ3) is 3.97. The molecule has 0 aromatic heterocycles. The smallest absolute Gasteiger partial charge is 0.0647 e. The molecule has 0 bridgehead atoms. The summed E-state index contributed by atoms with van der Waals surface area (Å²) in [5.74, 6) is 0.577. The highest BCUT2D eigenvalue weighted by molar-refractivity contribution is 4.85. The fourth-order valence-corrected chi connectivity index (χ4v) is 2.48. The molecule has 86 valence electrons. The van der Waals surface area contributed by atoms with Crippen LogP contribution in [0.2, 0.25) is 0 Å². The summed E-state index contributed by atoms with van der Waals surface area (Å²) in [7, 11) is 0. The molecule has 0 saturated heterocycles. The fraction of sp³-hybridized carbons (Fsp3) is 1.00. The lowest BCUT2D eigenvalue weighted by atomic mass is 9.74. The fourth-order valence-electron chi connectivity index (χ4n) is 2.48. The molecule has 1 aliphatic rings. The van der Waals surface area contributed by atoms with Crippen molar-refractivity contribution in [3.8, 4) is 0 Å². The van der Waals surface area contributed by atoms with Gasteiger partial charge in [-0.3, -0.25) is 0 Å². The van der Waals surface area contributed by atoms with Crippen molar-refractivity contribution in [2.24, 2.45) is 5.92 Å². The SMILES string of the molecule is CCCCCC1CCCCC1(C)O.O. The second kappa shape index (κ2) is 6.41. The summed E-state index contributed by atoms with van der Waals surface area (Å²) in [5, 5.41) is 10.1. The zero-order valence-electron chi connectivity index (χ0n) is 9.68. The van der Waals surface area contributed by atoms with Gasteiger partial charge in [-0.2, -0.15) is 0 Å². The molecule has 1 fully saturated rings. The summed E-state index contributed by atoms with van der Waals surface area (Å²) in [4.78, 5) is 0. The number of hydrogen-bond donors (Lipinski definition) is 1. The van der Waals surface area contributed by atoms with Gasteiger partial charge in [0.1, 0.15) is 0 Å². The standard InChI is InChI=1S/C12H24O.H2O/c1-3-4-5-8-11-9-6-7-10-12(11,2)13;/h11,13H,3-10H2,1-2H3;1H2. The van der Waals surface area contributed by atoms with Crippen LogP contribution in [0.5, 0.6) is 0 Å². The van der Waals surface area contributed by atoms with E-state index in [4.69, 9.17) is 0 Å². The molecule has 0 spiro atoms. The summed E-state index contributed by atoms with van der Waals surface area (Å²) in [6, 6.07) is 0. The number of aliphatic hydroxyl groups is 1. The Hall–Kier alpha value is -0.0800. The Labute approximate surface area is 88.0 Å². The van der Waals surface area contributed by atoms with E-state index in [-0.39, 0.29) is 11.1 Å². The van der Waals surface area contributed by atoms with E-state index in [0.29, 0.717) is 5.92 Å². The van der Waals surface area contributed by atoms with Crippen LogP contribution in [0, 0.1) is 5.92 Å². The number of unbranched alkanes of at least 4 members (excludes halogenated alkanes) is 2. The van der Waals surface area contributed by atoms with E-state index < -0.39 is 0 Å². The topological polar surface area (TPSA) is 51.7 Å². The highest BCUT2D eigenvalue weighted by atomic mass is 16.3. The second-order valence-electron chi connectivity index (χ2n) is 4.80. The quantitative estimate of drug-likeness (QED) is 0.700. The van der Waals surface area contributed by atoms with E-state index >= 15 is 0 Å². The van der Waals surface area contributed by atoms with Gasteiger partial charge in [0.25, 0.3) is 0 Å². The lowest BCUT2D eigenvalue weighted by molar-refractivity contribution is -0.0357. The van der Waals surface area contributed by atoms with Crippen LogP contribution in [0.4, 0.5) is 0 Å². The van der Waals surface area contributed by atoms with Crippen LogP contribution >= 0.6 is 0 Å². The molecule has 0 amide bonds. The molecule has 1 saturated carbocycles. The third-order valence-electron chi connectivity index (χ3n) is 3.52. The van der Waals surface area contributed by atoms with E-state index in [0.717, 1.165) is 6.42 Å². The Bertz CT molecular complexity index is 143. The predicted octanol–water partition coefficient (Wildman–Crippen LogP) is 2.68. The minimum Gasteiger partial charge on any atom is -0.412 e. The van der Waals surface area contributed by atoms with Crippen molar-refractivity contribution in [3.63, 3.8) is 0 Å². The molecular weight excluding hydrogens is 176 g/mol. The van der Waals surface area contributed by atoms with E-state index in [9.17, 15) is 5.11 Å². The Kier molecular flexibility index (Phi) is 6.38. The molecule has 14 heavy (non-hydrogen) atoms. The van der Waals surface area contributed by atoms with Gasteiger partial charge in [0.15, 0.2) is 0 Å². The molecule has 0 radical (unpaired) electrons. The van der Waals surface area contributed by atoms with E-state index in [1.165, 1.54) is 44.9 Å². The maximum Gasteiger partial charge on any atom is 0.0647 e. The van der Waals surface area contributed by atoms with Crippen molar-refractivity contribution in [1.29, 1.82) is 0 Å². The van der Waals surface area contributed by atoms with E-state index in [1.807, 2.05) is 6.92 Å². The van der Waals surface area contributed by atoms with Crippen molar-refractivity contribution in [2.45, 2.75) is 70.8 Å². The molecule has 0 aliphatic heterocycles. The van der Waals surface area contributed by atoms with E-state index in [1.54, 1.807) is 0 Å². The molecule has 1 aliphatic carbocycles. The van der Waals surface area contributed by atoms with Crippen LogP contribution in [0.25, 0.3) is 0 Å². The molecule has 2 heteroatoms. The Balaban J connectivity index is 0.00000169. The van der Waals surface area contributed by atoms with Gasteiger partial charge in [0.05, 0.1) is 5.60 Å². The monoisotopic (exact) mass is 202 g/mol. The predicted molar refractivity (Wildman–Crippen MR) is 60.3 cm³/mol. The molecule has 0 aromatic rings. The van der Waals surface area contributed by atoms with Gasteiger partial charge in [0, 0.05) is 0 Å².